The normalized spacial score (nSPS) is 29.0. The van der Waals surface area contributed by atoms with E-state index in [0.29, 0.717) is 5.75 Å². The molecule has 3 nitrogen and oxygen atoms in total. The zero-order chi connectivity index (χ0) is 15.2. The SMILES string of the molecule is Cc1ccc(C23CCCC2(C(=O)Oc2ccccc2)O3)cc1. The Morgan fingerprint density at radius 2 is 1.77 bits per heavy atom. The van der Waals surface area contributed by atoms with E-state index in [-0.39, 0.29) is 5.97 Å². The highest BCUT2D eigenvalue weighted by Gasteiger charge is 2.78. The third-order valence-corrected chi connectivity index (χ3v) is 4.82. The third kappa shape index (κ3) is 1.82. The van der Waals surface area contributed by atoms with Crippen LogP contribution >= 0.6 is 0 Å². The topological polar surface area (TPSA) is 38.8 Å². The van der Waals surface area contributed by atoms with Gasteiger partial charge in [0, 0.05) is 0 Å². The zero-order valence-electron chi connectivity index (χ0n) is 12.5. The Bertz CT molecular complexity index is 707. The van der Waals surface area contributed by atoms with E-state index < -0.39 is 11.2 Å². The molecule has 2 aromatic rings. The van der Waals surface area contributed by atoms with Crippen LogP contribution in [0.15, 0.2) is 54.6 Å². The monoisotopic (exact) mass is 294 g/mol. The van der Waals surface area contributed by atoms with Crippen molar-refractivity contribution in [1.82, 2.24) is 0 Å². The lowest BCUT2D eigenvalue weighted by Crippen LogP contribution is -2.32. The van der Waals surface area contributed by atoms with Gasteiger partial charge in [0.25, 0.3) is 0 Å². The van der Waals surface area contributed by atoms with Gasteiger partial charge < -0.3 is 9.47 Å². The van der Waals surface area contributed by atoms with Gasteiger partial charge in [0.05, 0.1) is 0 Å². The maximum Gasteiger partial charge on any atom is 0.347 e. The Morgan fingerprint density at radius 1 is 1.05 bits per heavy atom. The number of hydrogen-bond donors (Lipinski definition) is 0. The van der Waals surface area contributed by atoms with Gasteiger partial charge in [-0.2, -0.15) is 0 Å². The molecular formula is C19H18O3. The van der Waals surface area contributed by atoms with Crippen molar-refractivity contribution in [3.05, 3.63) is 65.7 Å². The van der Waals surface area contributed by atoms with Crippen LogP contribution in [0, 0.1) is 6.92 Å². The maximum absolute atomic E-state index is 12.7. The van der Waals surface area contributed by atoms with E-state index in [1.807, 2.05) is 18.2 Å². The van der Waals surface area contributed by atoms with Crippen molar-refractivity contribution in [2.75, 3.05) is 0 Å². The van der Waals surface area contributed by atoms with Crippen LogP contribution in [-0.4, -0.2) is 11.6 Å². The summed E-state index contributed by atoms with van der Waals surface area (Å²) in [6, 6.07) is 17.5. The van der Waals surface area contributed by atoms with Gasteiger partial charge in [-0.15, -0.1) is 0 Å². The summed E-state index contributed by atoms with van der Waals surface area (Å²) in [5, 5.41) is 0. The van der Waals surface area contributed by atoms with Gasteiger partial charge in [-0.1, -0.05) is 48.0 Å². The van der Waals surface area contributed by atoms with Gasteiger partial charge in [0.1, 0.15) is 11.4 Å². The van der Waals surface area contributed by atoms with E-state index >= 15 is 0 Å². The second-order valence-electron chi connectivity index (χ2n) is 6.18. The summed E-state index contributed by atoms with van der Waals surface area (Å²) in [6.45, 7) is 2.06. The molecule has 2 fully saturated rings. The molecule has 2 aromatic carbocycles. The van der Waals surface area contributed by atoms with Crippen LogP contribution in [0.4, 0.5) is 0 Å². The lowest BCUT2D eigenvalue weighted by Gasteiger charge is -2.12. The number of ether oxygens (including phenoxy) is 2. The lowest BCUT2D eigenvalue weighted by molar-refractivity contribution is -0.140. The fourth-order valence-electron chi connectivity index (χ4n) is 3.61. The molecule has 112 valence electrons. The van der Waals surface area contributed by atoms with Crippen LogP contribution in [0.2, 0.25) is 0 Å². The molecule has 1 heterocycles. The van der Waals surface area contributed by atoms with E-state index in [1.54, 1.807) is 12.1 Å². The Labute approximate surface area is 129 Å². The summed E-state index contributed by atoms with van der Waals surface area (Å²) in [6.07, 6.45) is 2.59. The van der Waals surface area contributed by atoms with Crippen molar-refractivity contribution < 1.29 is 14.3 Å². The Kier molecular flexibility index (Phi) is 2.88. The molecule has 2 atom stereocenters. The third-order valence-electron chi connectivity index (χ3n) is 4.82. The van der Waals surface area contributed by atoms with Gasteiger partial charge in [-0.3, -0.25) is 0 Å². The minimum Gasteiger partial charge on any atom is -0.424 e. The predicted octanol–water partition coefficient (Wildman–Crippen LogP) is 3.75. The molecular weight excluding hydrogens is 276 g/mol. The van der Waals surface area contributed by atoms with Crippen LogP contribution in [0.5, 0.6) is 5.75 Å². The number of fused-ring (bicyclic) bond motifs is 1. The van der Waals surface area contributed by atoms with Crippen LogP contribution in [0.1, 0.15) is 30.4 Å². The van der Waals surface area contributed by atoms with Crippen molar-refractivity contribution >= 4 is 5.97 Å². The molecule has 0 radical (unpaired) electrons. The van der Waals surface area contributed by atoms with Gasteiger partial charge >= 0.3 is 5.97 Å². The highest BCUT2D eigenvalue weighted by Crippen LogP contribution is 2.66. The van der Waals surface area contributed by atoms with Crippen LogP contribution in [-0.2, 0) is 15.1 Å². The smallest absolute Gasteiger partial charge is 0.347 e. The molecule has 2 unspecified atom stereocenters. The first-order valence-electron chi connectivity index (χ1n) is 7.71. The minimum atomic E-state index is -0.794. The van der Waals surface area contributed by atoms with E-state index in [0.717, 1.165) is 24.8 Å². The molecule has 0 N–H and O–H groups in total. The van der Waals surface area contributed by atoms with Crippen LogP contribution in [0.25, 0.3) is 0 Å². The highest BCUT2D eigenvalue weighted by molar-refractivity contribution is 5.88. The standard InChI is InChI=1S/C19H18O3/c1-14-8-10-15(11-9-14)18-12-5-13-19(18,22-18)17(20)21-16-6-3-2-4-7-16/h2-4,6-11H,5,12-13H2,1H3. The van der Waals surface area contributed by atoms with Crippen LogP contribution in [0.3, 0.4) is 0 Å². The molecule has 1 saturated carbocycles. The van der Waals surface area contributed by atoms with Crippen molar-refractivity contribution in [3.8, 4) is 5.75 Å². The number of epoxide rings is 1. The van der Waals surface area contributed by atoms with Crippen molar-refractivity contribution in [2.45, 2.75) is 37.4 Å². The predicted molar refractivity (Wildman–Crippen MR) is 82.6 cm³/mol. The molecule has 0 bridgehead atoms. The number of esters is 1. The number of carbonyl (C=O) groups is 1. The van der Waals surface area contributed by atoms with Crippen molar-refractivity contribution in [2.24, 2.45) is 0 Å². The first-order chi connectivity index (χ1) is 10.7. The van der Waals surface area contributed by atoms with Crippen LogP contribution < -0.4 is 4.74 Å². The zero-order valence-corrected chi connectivity index (χ0v) is 12.5. The molecule has 0 amide bonds. The molecule has 4 rings (SSSR count). The number of para-hydroxylation sites is 1. The summed E-state index contributed by atoms with van der Waals surface area (Å²) >= 11 is 0. The van der Waals surface area contributed by atoms with E-state index in [4.69, 9.17) is 9.47 Å². The molecule has 1 aliphatic heterocycles. The summed E-state index contributed by atoms with van der Waals surface area (Å²) in [7, 11) is 0. The molecule has 0 spiro atoms. The summed E-state index contributed by atoms with van der Waals surface area (Å²) in [5.74, 6) is 0.304. The molecule has 2 aliphatic rings. The summed E-state index contributed by atoms with van der Waals surface area (Å²) in [5.41, 5.74) is 1.02. The second-order valence-corrected chi connectivity index (χ2v) is 6.18. The number of aryl methyl sites for hydroxylation is 1. The molecule has 1 saturated heterocycles. The number of benzene rings is 2. The molecule has 22 heavy (non-hydrogen) atoms. The largest absolute Gasteiger partial charge is 0.424 e. The number of hydrogen-bond acceptors (Lipinski definition) is 3. The van der Waals surface area contributed by atoms with Gasteiger partial charge in [-0.05, 0) is 43.9 Å². The molecule has 0 aromatic heterocycles. The maximum atomic E-state index is 12.7. The molecule has 1 aliphatic carbocycles. The first kappa shape index (κ1) is 13.5. The Morgan fingerprint density at radius 3 is 2.50 bits per heavy atom. The second kappa shape index (κ2) is 4.68. The quantitative estimate of drug-likeness (QED) is 0.491. The van der Waals surface area contributed by atoms with E-state index in [1.165, 1.54) is 5.56 Å². The van der Waals surface area contributed by atoms with Crippen molar-refractivity contribution in [3.63, 3.8) is 0 Å². The van der Waals surface area contributed by atoms with Gasteiger partial charge in [0.15, 0.2) is 5.60 Å². The van der Waals surface area contributed by atoms with Gasteiger partial charge in [0.2, 0.25) is 0 Å². The fraction of sp³-hybridized carbons (Fsp3) is 0.316. The number of rotatable bonds is 3. The first-order valence-corrected chi connectivity index (χ1v) is 7.71. The average Bonchev–Trinajstić information content (AvgIpc) is 3.06. The highest BCUT2D eigenvalue weighted by atomic mass is 16.7. The van der Waals surface area contributed by atoms with Gasteiger partial charge in [-0.25, -0.2) is 4.79 Å². The number of carbonyl (C=O) groups excluding carboxylic acids is 1. The minimum absolute atomic E-state index is 0.267. The summed E-state index contributed by atoms with van der Waals surface area (Å²) < 4.78 is 11.6. The Balaban J connectivity index is 1.62. The van der Waals surface area contributed by atoms with E-state index in [2.05, 4.69) is 31.2 Å². The fourth-order valence-corrected chi connectivity index (χ4v) is 3.61. The molecule has 3 heteroatoms. The van der Waals surface area contributed by atoms with Crippen molar-refractivity contribution in [1.29, 1.82) is 0 Å². The summed E-state index contributed by atoms with van der Waals surface area (Å²) in [4.78, 5) is 12.7. The lowest BCUT2D eigenvalue weighted by atomic mass is 9.88. The Hall–Kier alpha value is -2.13. The average molecular weight is 294 g/mol. The van der Waals surface area contributed by atoms with E-state index in [9.17, 15) is 4.79 Å².